The third-order valence-corrected chi connectivity index (χ3v) is 4.45. The highest BCUT2D eigenvalue weighted by Gasteiger charge is 2.30. The highest BCUT2D eigenvalue weighted by Crippen LogP contribution is 2.37. The minimum absolute atomic E-state index is 0.0904. The fourth-order valence-electron chi connectivity index (χ4n) is 2.63. The molecule has 3 heteroatoms. The molecule has 0 fully saturated rings. The zero-order valence-electron chi connectivity index (χ0n) is 12.2. The minimum Gasteiger partial charge on any atom is -0.308 e. The largest absolute Gasteiger partial charge is 0.308 e. The Kier molecular flexibility index (Phi) is 3.84. The third-order valence-electron chi connectivity index (χ3n) is 3.70. The highest BCUT2D eigenvalue weighted by molar-refractivity contribution is 7.98. The summed E-state index contributed by atoms with van der Waals surface area (Å²) in [5, 5.41) is 0. The average molecular weight is 295 g/mol. The molecule has 0 saturated carbocycles. The van der Waals surface area contributed by atoms with Gasteiger partial charge in [0.1, 0.15) is 0 Å². The van der Waals surface area contributed by atoms with Crippen molar-refractivity contribution in [3.8, 4) is 0 Å². The van der Waals surface area contributed by atoms with Crippen LogP contribution in [0.5, 0.6) is 0 Å². The first kappa shape index (κ1) is 14.0. The van der Waals surface area contributed by atoms with Gasteiger partial charge in [-0.05, 0) is 43.0 Å². The topological polar surface area (TPSA) is 20.3 Å². The Labute approximate surface area is 129 Å². The molecule has 1 aliphatic heterocycles. The number of likely N-dealkylation sites (N-methyl/N-ethyl adjacent to an activating group) is 1. The van der Waals surface area contributed by atoms with Crippen molar-refractivity contribution in [2.75, 3.05) is 17.7 Å². The van der Waals surface area contributed by atoms with Gasteiger partial charge in [0.05, 0.1) is 5.69 Å². The van der Waals surface area contributed by atoms with Gasteiger partial charge < -0.3 is 4.90 Å². The van der Waals surface area contributed by atoms with Crippen LogP contribution in [0, 0.1) is 0 Å². The number of fused-ring (bicyclic) bond motifs is 1. The summed E-state index contributed by atoms with van der Waals surface area (Å²) in [7, 11) is 0. The van der Waals surface area contributed by atoms with Crippen molar-refractivity contribution < 1.29 is 4.79 Å². The molecule has 1 amide bonds. The average Bonchev–Trinajstić information content (AvgIpc) is 2.80. The predicted molar refractivity (Wildman–Crippen MR) is 90.6 cm³/mol. The van der Waals surface area contributed by atoms with Crippen LogP contribution in [0.15, 0.2) is 53.4 Å². The van der Waals surface area contributed by atoms with Gasteiger partial charge in [-0.3, -0.25) is 4.79 Å². The van der Waals surface area contributed by atoms with E-state index in [2.05, 4.69) is 30.5 Å². The number of benzene rings is 2. The molecule has 106 valence electrons. The predicted octanol–water partition coefficient (Wildman–Crippen LogP) is 4.32. The van der Waals surface area contributed by atoms with Gasteiger partial charge in [0.25, 0.3) is 5.91 Å². The van der Waals surface area contributed by atoms with E-state index in [-0.39, 0.29) is 5.91 Å². The van der Waals surface area contributed by atoms with Gasteiger partial charge in [-0.15, -0.1) is 11.8 Å². The van der Waals surface area contributed by atoms with E-state index >= 15 is 0 Å². The quantitative estimate of drug-likeness (QED) is 0.621. The van der Waals surface area contributed by atoms with Crippen molar-refractivity contribution in [2.24, 2.45) is 0 Å². The number of para-hydroxylation sites is 1. The zero-order valence-corrected chi connectivity index (χ0v) is 13.0. The molecule has 0 aromatic heterocycles. The molecule has 2 aromatic carbocycles. The molecule has 0 atom stereocenters. The second-order valence-corrected chi connectivity index (χ2v) is 5.78. The number of rotatable bonds is 3. The number of thioether (sulfide) groups is 1. The first-order chi connectivity index (χ1) is 10.2. The summed E-state index contributed by atoms with van der Waals surface area (Å²) in [6, 6.07) is 16.3. The van der Waals surface area contributed by atoms with E-state index in [0.717, 1.165) is 22.4 Å². The lowest BCUT2D eigenvalue weighted by Crippen LogP contribution is -2.25. The summed E-state index contributed by atoms with van der Waals surface area (Å²) in [6.07, 6.45) is 4.05. The molecule has 3 rings (SSSR count). The van der Waals surface area contributed by atoms with Gasteiger partial charge in [0, 0.05) is 22.6 Å². The lowest BCUT2D eigenvalue weighted by Gasteiger charge is -2.13. The number of carbonyl (C=O) groups is 1. The van der Waals surface area contributed by atoms with Gasteiger partial charge in [0.15, 0.2) is 0 Å². The molecular formula is C18H17NOS. The molecule has 0 aliphatic carbocycles. The Balaban J connectivity index is 2.05. The Morgan fingerprint density at radius 2 is 1.81 bits per heavy atom. The molecule has 0 radical (unpaired) electrons. The Bertz CT molecular complexity index is 703. The van der Waals surface area contributed by atoms with E-state index in [9.17, 15) is 4.79 Å². The number of hydrogen-bond acceptors (Lipinski definition) is 2. The number of carbonyl (C=O) groups excluding carboxylic acids is 1. The van der Waals surface area contributed by atoms with Crippen LogP contribution in [0.25, 0.3) is 11.6 Å². The first-order valence-corrected chi connectivity index (χ1v) is 8.24. The maximum atomic E-state index is 12.6. The maximum Gasteiger partial charge on any atom is 0.258 e. The smallest absolute Gasteiger partial charge is 0.258 e. The second-order valence-electron chi connectivity index (χ2n) is 4.90. The summed E-state index contributed by atoms with van der Waals surface area (Å²) in [5.74, 6) is 0.0904. The summed E-state index contributed by atoms with van der Waals surface area (Å²) in [4.78, 5) is 15.6. The van der Waals surface area contributed by atoms with E-state index in [4.69, 9.17) is 0 Å². The van der Waals surface area contributed by atoms with Gasteiger partial charge >= 0.3 is 0 Å². The van der Waals surface area contributed by atoms with Crippen LogP contribution in [-0.2, 0) is 4.79 Å². The maximum absolute atomic E-state index is 12.6. The van der Waals surface area contributed by atoms with Crippen LogP contribution in [-0.4, -0.2) is 18.7 Å². The van der Waals surface area contributed by atoms with Crippen LogP contribution >= 0.6 is 11.8 Å². The van der Waals surface area contributed by atoms with Crippen molar-refractivity contribution in [1.82, 2.24) is 0 Å². The van der Waals surface area contributed by atoms with Gasteiger partial charge in [-0.2, -0.15) is 0 Å². The molecule has 2 nitrogen and oxygen atoms in total. The first-order valence-electron chi connectivity index (χ1n) is 7.01. The number of anilines is 1. The van der Waals surface area contributed by atoms with Gasteiger partial charge in [-0.25, -0.2) is 0 Å². The fraction of sp³-hybridized carbons (Fsp3) is 0.167. The third kappa shape index (κ3) is 2.49. The minimum atomic E-state index is 0.0904. The van der Waals surface area contributed by atoms with Crippen molar-refractivity contribution >= 4 is 35.0 Å². The molecular weight excluding hydrogens is 278 g/mol. The van der Waals surface area contributed by atoms with Crippen LogP contribution in [0.1, 0.15) is 18.1 Å². The standard InChI is InChI=1S/C18H17NOS/c1-3-19-17-7-5-4-6-15(17)16(18(19)20)12-13-8-10-14(21-2)11-9-13/h4-12H,3H2,1-2H3. The van der Waals surface area contributed by atoms with Crippen LogP contribution in [0.2, 0.25) is 0 Å². The molecule has 2 aromatic rings. The lowest BCUT2D eigenvalue weighted by atomic mass is 10.0. The van der Waals surface area contributed by atoms with Crippen molar-refractivity contribution in [3.05, 3.63) is 59.7 Å². The van der Waals surface area contributed by atoms with Crippen molar-refractivity contribution in [2.45, 2.75) is 11.8 Å². The summed E-state index contributed by atoms with van der Waals surface area (Å²) >= 11 is 1.72. The van der Waals surface area contributed by atoms with Crippen LogP contribution < -0.4 is 4.90 Å². The normalized spacial score (nSPS) is 15.6. The van der Waals surface area contributed by atoms with E-state index in [1.165, 1.54) is 4.90 Å². The molecule has 1 heterocycles. The SMILES string of the molecule is CCN1C(=O)C(=Cc2ccc(SC)cc2)c2ccccc21. The van der Waals surface area contributed by atoms with E-state index in [1.54, 1.807) is 11.8 Å². The van der Waals surface area contributed by atoms with E-state index in [1.807, 2.05) is 42.2 Å². The molecule has 0 N–H and O–H groups in total. The second kappa shape index (κ2) is 5.78. The van der Waals surface area contributed by atoms with Crippen LogP contribution in [0.4, 0.5) is 5.69 Å². The molecule has 0 saturated heterocycles. The van der Waals surface area contributed by atoms with Crippen molar-refractivity contribution in [3.63, 3.8) is 0 Å². The summed E-state index contributed by atoms with van der Waals surface area (Å²) in [5.41, 5.74) is 3.88. The van der Waals surface area contributed by atoms with E-state index in [0.29, 0.717) is 6.54 Å². The fourth-order valence-corrected chi connectivity index (χ4v) is 3.04. The summed E-state index contributed by atoms with van der Waals surface area (Å²) < 4.78 is 0. The molecule has 0 spiro atoms. The number of hydrogen-bond donors (Lipinski definition) is 0. The lowest BCUT2D eigenvalue weighted by molar-refractivity contribution is -0.112. The monoisotopic (exact) mass is 295 g/mol. The van der Waals surface area contributed by atoms with Gasteiger partial charge in [0.2, 0.25) is 0 Å². The number of amides is 1. The molecule has 0 bridgehead atoms. The molecule has 0 unspecified atom stereocenters. The molecule has 21 heavy (non-hydrogen) atoms. The Morgan fingerprint density at radius 1 is 1.10 bits per heavy atom. The zero-order chi connectivity index (χ0) is 14.8. The van der Waals surface area contributed by atoms with Crippen molar-refractivity contribution in [1.29, 1.82) is 0 Å². The molecule has 1 aliphatic rings. The van der Waals surface area contributed by atoms with E-state index < -0.39 is 0 Å². The van der Waals surface area contributed by atoms with Gasteiger partial charge in [-0.1, -0.05) is 30.3 Å². The highest BCUT2D eigenvalue weighted by atomic mass is 32.2. The number of nitrogens with zero attached hydrogens (tertiary/aromatic N) is 1. The Morgan fingerprint density at radius 3 is 2.48 bits per heavy atom. The van der Waals surface area contributed by atoms with Crippen LogP contribution in [0.3, 0.4) is 0 Å². The Hall–Kier alpha value is -2.00. The summed E-state index contributed by atoms with van der Waals surface area (Å²) in [6.45, 7) is 2.70.